The average molecular weight is 188 g/mol. The predicted octanol–water partition coefficient (Wildman–Crippen LogP) is 2.35. The van der Waals surface area contributed by atoms with E-state index < -0.39 is 0 Å². The van der Waals surface area contributed by atoms with Crippen LogP contribution in [0.25, 0.3) is 0 Å². The summed E-state index contributed by atoms with van der Waals surface area (Å²) >= 11 is 0. The maximum atomic E-state index is 3.17. The van der Waals surface area contributed by atoms with Crippen LogP contribution in [-0.2, 0) is 0 Å². The van der Waals surface area contributed by atoms with E-state index in [2.05, 4.69) is 31.0 Å². The van der Waals surface area contributed by atoms with Crippen molar-refractivity contribution in [3.8, 4) is 0 Å². The SMILES string of the molecule is CC.CCN(CC)C(C)CCNC. The van der Waals surface area contributed by atoms with Gasteiger partial charge in [-0.2, -0.15) is 0 Å². The molecule has 0 aromatic carbocycles. The van der Waals surface area contributed by atoms with Crippen molar-refractivity contribution in [1.29, 1.82) is 0 Å². The Morgan fingerprint density at radius 3 is 1.92 bits per heavy atom. The topological polar surface area (TPSA) is 15.3 Å². The Morgan fingerprint density at radius 2 is 1.62 bits per heavy atom. The molecule has 0 amide bonds. The third kappa shape index (κ3) is 8.26. The van der Waals surface area contributed by atoms with Gasteiger partial charge >= 0.3 is 0 Å². The Kier molecular flexibility index (Phi) is 14.1. The lowest BCUT2D eigenvalue weighted by Crippen LogP contribution is -2.34. The van der Waals surface area contributed by atoms with Gasteiger partial charge < -0.3 is 10.2 Å². The minimum atomic E-state index is 0.720. The summed E-state index contributed by atoms with van der Waals surface area (Å²) < 4.78 is 0. The molecule has 2 nitrogen and oxygen atoms in total. The second-order valence-electron chi connectivity index (χ2n) is 2.96. The van der Waals surface area contributed by atoms with Gasteiger partial charge in [-0.05, 0) is 40.0 Å². The largest absolute Gasteiger partial charge is 0.320 e. The van der Waals surface area contributed by atoms with Crippen LogP contribution < -0.4 is 5.32 Å². The summed E-state index contributed by atoms with van der Waals surface area (Å²) in [4.78, 5) is 2.48. The molecule has 0 aliphatic carbocycles. The minimum absolute atomic E-state index is 0.720. The first-order valence-electron chi connectivity index (χ1n) is 5.64. The van der Waals surface area contributed by atoms with E-state index in [4.69, 9.17) is 0 Å². The zero-order valence-corrected chi connectivity index (χ0v) is 10.4. The lowest BCUT2D eigenvalue weighted by Gasteiger charge is -2.26. The second kappa shape index (κ2) is 11.9. The van der Waals surface area contributed by atoms with Gasteiger partial charge in [-0.3, -0.25) is 0 Å². The lowest BCUT2D eigenvalue weighted by molar-refractivity contribution is 0.221. The highest BCUT2D eigenvalue weighted by atomic mass is 15.1. The van der Waals surface area contributed by atoms with Crippen molar-refractivity contribution in [3.05, 3.63) is 0 Å². The number of nitrogens with one attached hydrogen (secondary N) is 1. The Bertz CT molecular complexity index is 80.2. The fourth-order valence-electron chi connectivity index (χ4n) is 1.38. The first kappa shape index (κ1) is 15.4. The molecule has 0 spiro atoms. The number of hydrogen-bond donors (Lipinski definition) is 1. The zero-order valence-electron chi connectivity index (χ0n) is 10.4. The van der Waals surface area contributed by atoms with E-state index in [1.807, 2.05) is 20.9 Å². The highest BCUT2D eigenvalue weighted by Crippen LogP contribution is 2.01. The standard InChI is InChI=1S/C9H22N2.C2H6/c1-5-11(6-2)9(3)7-8-10-4;1-2/h9-10H,5-8H2,1-4H3;1-2H3. The highest BCUT2D eigenvalue weighted by Gasteiger charge is 2.07. The minimum Gasteiger partial charge on any atom is -0.320 e. The third-order valence-corrected chi connectivity index (χ3v) is 2.25. The van der Waals surface area contributed by atoms with Gasteiger partial charge in [0.05, 0.1) is 0 Å². The van der Waals surface area contributed by atoms with Crippen molar-refractivity contribution in [2.45, 2.75) is 47.1 Å². The molecule has 0 aliphatic heterocycles. The molecule has 0 bridgehead atoms. The first-order chi connectivity index (χ1) is 6.26. The molecule has 1 unspecified atom stereocenters. The molecule has 1 N–H and O–H groups in total. The Hall–Kier alpha value is -0.0800. The van der Waals surface area contributed by atoms with Crippen molar-refractivity contribution >= 4 is 0 Å². The maximum Gasteiger partial charge on any atom is 0.00787 e. The fourth-order valence-corrected chi connectivity index (χ4v) is 1.38. The number of rotatable bonds is 6. The van der Waals surface area contributed by atoms with Crippen LogP contribution in [0.3, 0.4) is 0 Å². The quantitative estimate of drug-likeness (QED) is 0.688. The van der Waals surface area contributed by atoms with Crippen molar-refractivity contribution < 1.29 is 0 Å². The van der Waals surface area contributed by atoms with Crippen LogP contribution in [-0.4, -0.2) is 37.6 Å². The molecule has 82 valence electrons. The monoisotopic (exact) mass is 188 g/mol. The van der Waals surface area contributed by atoms with E-state index in [-0.39, 0.29) is 0 Å². The Balaban J connectivity index is 0. The Morgan fingerprint density at radius 1 is 1.15 bits per heavy atom. The van der Waals surface area contributed by atoms with Gasteiger partial charge in [-0.15, -0.1) is 0 Å². The maximum absolute atomic E-state index is 3.17. The van der Waals surface area contributed by atoms with E-state index >= 15 is 0 Å². The molecule has 0 radical (unpaired) electrons. The van der Waals surface area contributed by atoms with Crippen molar-refractivity contribution in [2.24, 2.45) is 0 Å². The molecule has 0 saturated carbocycles. The van der Waals surface area contributed by atoms with Crippen LogP contribution in [0.15, 0.2) is 0 Å². The average Bonchev–Trinajstić information content (AvgIpc) is 2.19. The first-order valence-corrected chi connectivity index (χ1v) is 5.64. The molecule has 0 saturated heterocycles. The van der Waals surface area contributed by atoms with Gasteiger partial charge in [0.1, 0.15) is 0 Å². The Labute approximate surface area is 84.7 Å². The summed E-state index contributed by atoms with van der Waals surface area (Å²) in [5, 5.41) is 3.17. The van der Waals surface area contributed by atoms with E-state index in [0.717, 1.165) is 12.6 Å². The fraction of sp³-hybridized carbons (Fsp3) is 1.00. The summed E-state index contributed by atoms with van der Waals surface area (Å²) in [5.74, 6) is 0. The van der Waals surface area contributed by atoms with Crippen LogP contribution in [0.2, 0.25) is 0 Å². The molecule has 0 fully saturated rings. The molecule has 0 heterocycles. The molecule has 0 aromatic rings. The van der Waals surface area contributed by atoms with Crippen molar-refractivity contribution in [3.63, 3.8) is 0 Å². The van der Waals surface area contributed by atoms with Crippen LogP contribution in [0.5, 0.6) is 0 Å². The highest BCUT2D eigenvalue weighted by molar-refractivity contribution is 4.64. The lowest BCUT2D eigenvalue weighted by atomic mass is 10.2. The van der Waals surface area contributed by atoms with Gasteiger partial charge in [0.25, 0.3) is 0 Å². The molecule has 0 aromatic heterocycles. The molecular weight excluding hydrogens is 160 g/mol. The van der Waals surface area contributed by atoms with E-state index in [0.29, 0.717) is 0 Å². The summed E-state index contributed by atoms with van der Waals surface area (Å²) in [6, 6.07) is 0.720. The summed E-state index contributed by atoms with van der Waals surface area (Å²) in [7, 11) is 2.01. The van der Waals surface area contributed by atoms with E-state index in [1.165, 1.54) is 19.5 Å². The van der Waals surface area contributed by atoms with Gasteiger partial charge in [0.2, 0.25) is 0 Å². The van der Waals surface area contributed by atoms with E-state index in [1.54, 1.807) is 0 Å². The zero-order chi connectivity index (χ0) is 10.7. The van der Waals surface area contributed by atoms with Gasteiger partial charge in [-0.25, -0.2) is 0 Å². The molecule has 1 atom stereocenters. The van der Waals surface area contributed by atoms with Gasteiger partial charge in [0.15, 0.2) is 0 Å². The van der Waals surface area contributed by atoms with Gasteiger partial charge in [0, 0.05) is 6.04 Å². The van der Waals surface area contributed by atoms with Crippen LogP contribution in [0.4, 0.5) is 0 Å². The number of nitrogens with zero attached hydrogens (tertiary/aromatic N) is 1. The molecule has 0 rings (SSSR count). The van der Waals surface area contributed by atoms with Crippen LogP contribution in [0.1, 0.15) is 41.0 Å². The van der Waals surface area contributed by atoms with Crippen LogP contribution in [0, 0.1) is 0 Å². The molecule has 2 heteroatoms. The summed E-state index contributed by atoms with van der Waals surface area (Å²) in [6.45, 7) is 14.2. The third-order valence-electron chi connectivity index (χ3n) is 2.25. The predicted molar refractivity (Wildman–Crippen MR) is 62.3 cm³/mol. The van der Waals surface area contributed by atoms with E-state index in [9.17, 15) is 0 Å². The normalized spacial score (nSPS) is 12.2. The summed E-state index contributed by atoms with van der Waals surface area (Å²) in [5.41, 5.74) is 0. The number of hydrogen-bond acceptors (Lipinski definition) is 2. The molecule has 0 aliphatic rings. The van der Waals surface area contributed by atoms with Crippen molar-refractivity contribution in [2.75, 3.05) is 26.7 Å². The van der Waals surface area contributed by atoms with Gasteiger partial charge in [-0.1, -0.05) is 27.7 Å². The second-order valence-corrected chi connectivity index (χ2v) is 2.96. The van der Waals surface area contributed by atoms with Crippen molar-refractivity contribution in [1.82, 2.24) is 10.2 Å². The van der Waals surface area contributed by atoms with Crippen LogP contribution >= 0.6 is 0 Å². The molecular formula is C11H28N2. The smallest absolute Gasteiger partial charge is 0.00787 e. The molecule has 13 heavy (non-hydrogen) atoms. The summed E-state index contributed by atoms with van der Waals surface area (Å²) in [6.07, 6.45) is 1.25.